The van der Waals surface area contributed by atoms with Crippen LogP contribution in [0, 0.1) is 0 Å². The summed E-state index contributed by atoms with van der Waals surface area (Å²) in [6.07, 6.45) is 0. The molecule has 2 heteroatoms. The van der Waals surface area contributed by atoms with E-state index in [4.69, 9.17) is 0 Å². The molecule has 0 saturated heterocycles. The van der Waals surface area contributed by atoms with Gasteiger partial charge >= 0.3 is 0 Å². The van der Waals surface area contributed by atoms with Gasteiger partial charge in [-0.2, -0.15) is 0 Å². The second-order valence-electron chi connectivity index (χ2n) is 4.33. The van der Waals surface area contributed by atoms with E-state index in [-0.39, 0.29) is 0 Å². The van der Waals surface area contributed by atoms with Gasteiger partial charge in [0.2, 0.25) is 0 Å². The molecule has 0 saturated carbocycles. The van der Waals surface area contributed by atoms with Gasteiger partial charge in [-0.15, -0.1) is 0 Å². The minimum atomic E-state index is 0.567. The third-order valence-electron chi connectivity index (χ3n) is 2.64. The molecule has 0 atom stereocenters. The van der Waals surface area contributed by atoms with Crippen LogP contribution in [0.3, 0.4) is 0 Å². The van der Waals surface area contributed by atoms with Gasteiger partial charge in [0.1, 0.15) is 0 Å². The molecule has 0 nitrogen and oxygen atoms in total. The minimum Gasteiger partial charge on any atom is -0.0848 e. The summed E-state index contributed by atoms with van der Waals surface area (Å²) in [6.45, 7) is 4.44. The maximum atomic E-state index is 3.67. The highest BCUT2D eigenvalue weighted by Gasteiger charge is 2.08. The smallest absolute Gasteiger partial charge is 0.0848 e. The molecular formula is C15H17S2+. The summed E-state index contributed by atoms with van der Waals surface area (Å²) in [4.78, 5) is 3.70. The van der Waals surface area contributed by atoms with Gasteiger partial charge in [-0.1, -0.05) is 49.9 Å². The van der Waals surface area contributed by atoms with E-state index in [1.165, 1.54) is 15.4 Å². The summed E-state index contributed by atoms with van der Waals surface area (Å²) in [5, 5.41) is 0. The normalized spacial score (nSPS) is 10.8. The molecule has 0 aliphatic carbocycles. The van der Waals surface area contributed by atoms with E-state index in [1.807, 2.05) is 6.07 Å². The van der Waals surface area contributed by atoms with Crippen molar-refractivity contribution in [2.75, 3.05) is 0 Å². The Kier molecular flexibility index (Phi) is 4.19. The number of hydrogen-bond acceptors (Lipinski definition) is 1. The fraction of sp³-hybridized carbons (Fsp3) is 0.200. The average Bonchev–Trinajstić information content (AvgIpc) is 2.33. The van der Waals surface area contributed by atoms with Crippen LogP contribution in [0.5, 0.6) is 0 Å². The molecular weight excluding hydrogens is 244 g/mol. The van der Waals surface area contributed by atoms with Gasteiger partial charge in [0.15, 0.2) is 4.90 Å². The van der Waals surface area contributed by atoms with Crippen LogP contribution < -0.4 is 0 Å². The zero-order valence-electron chi connectivity index (χ0n) is 10.1. The highest BCUT2D eigenvalue weighted by Crippen LogP contribution is 2.32. The average molecular weight is 261 g/mol. The lowest BCUT2D eigenvalue weighted by Gasteiger charge is -2.08. The van der Waals surface area contributed by atoms with Crippen molar-refractivity contribution in [3.05, 3.63) is 54.1 Å². The van der Waals surface area contributed by atoms with E-state index in [9.17, 15) is 0 Å². The molecule has 0 N–H and O–H groups in total. The standard InChI is InChI=1S/C15H16S2/c1-11(2)12-8-9-14(16)15(10-12)17-13-6-4-3-5-7-13/h3-11,16H,1-2H3/p+1. The monoisotopic (exact) mass is 261 g/mol. The van der Waals surface area contributed by atoms with E-state index < -0.39 is 0 Å². The molecule has 0 aliphatic heterocycles. The Balaban J connectivity index is 2.29. The highest BCUT2D eigenvalue weighted by molar-refractivity contribution is 7.99. The van der Waals surface area contributed by atoms with Gasteiger partial charge in [-0.3, -0.25) is 0 Å². The van der Waals surface area contributed by atoms with Crippen LogP contribution >= 0.6 is 11.8 Å². The van der Waals surface area contributed by atoms with Crippen LogP contribution in [-0.4, -0.2) is 0 Å². The lowest BCUT2D eigenvalue weighted by atomic mass is 10.0. The van der Waals surface area contributed by atoms with E-state index in [2.05, 4.69) is 68.9 Å². The van der Waals surface area contributed by atoms with E-state index in [0.717, 1.165) is 4.90 Å². The summed E-state index contributed by atoms with van der Waals surface area (Å²) in [6, 6.07) is 17.0. The summed E-state index contributed by atoms with van der Waals surface area (Å²) in [5.41, 5.74) is 1.38. The van der Waals surface area contributed by atoms with Crippen LogP contribution in [0.25, 0.3) is 0 Å². The van der Waals surface area contributed by atoms with Gasteiger partial charge in [-0.25, -0.2) is 0 Å². The Morgan fingerprint density at radius 3 is 2.35 bits per heavy atom. The minimum absolute atomic E-state index is 0.567. The Morgan fingerprint density at radius 1 is 1.00 bits per heavy atom. The number of hydrogen-bond donors (Lipinski definition) is 0. The molecule has 0 spiro atoms. The Bertz CT molecular complexity index is 490. The van der Waals surface area contributed by atoms with Crippen molar-refractivity contribution in [3.63, 3.8) is 0 Å². The topological polar surface area (TPSA) is 0 Å². The van der Waals surface area contributed by atoms with Gasteiger partial charge < -0.3 is 0 Å². The van der Waals surface area contributed by atoms with Gasteiger partial charge in [-0.05, 0) is 48.4 Å². The van der Waals surface area contributed by atoms with Crippen LogP contribution in [0.15, 0.2) is 63.2 Å². The van der Waals surface area contributed by atoms with Crippen molar-refractivity contribution < 1.29 is 0 Å². The molecule has 0 unspecified atom stereocenters. The molecule has 2 aromatic rings. The fourth-order valence-electron chi connectivity index (χ4n) is 1.60. The molecule has 0 radical (unpaired) electrons. The van der Waals surface area contributed by atoms with Crippen molar-refractivity contribution in [1.29, 1.82) is 0 Å². The quantitative estimate of drug-likeness (QED) is 0.741. The van der Waals surface area contributed by atoms with Crippen molar-refractivity contribution in [2.45, 2.75) is 34.5 Å². The zero-order chi connectivity index (χ0) is 12.3. The Hall–Kier alpha value is -0.860. The van der Waals surface area contributed by atoms with Crippen molar-refractivity contribution in [3.8, 4) is 0 Å². The molecule has 0 fully saturated rings. The molecule has 2 rings (SSSR count). The summed E-state index contributed by atoms with van der Waals surface area (Å²) in [7, 11) is 0. The first kappa shape index (κ1) is 12.6. The molecule has 0 aromatic heterocycles. The SMILES string of the molecule is CC(C)c1ccc([SH2+])c(Sc2ccccc2)c1. The predicted octanol–water partition coefficient (Wildman–Crippen LogP) is 4.33. The van der Waals surface area contributed by atoms with Gasteiger partial charge in [0.05, 0.1) is 4.90 Å². The van der Waals surface area contributed by atoms with E-state index in [1.54, 1.807) is 11.8 Å². The molecule has 0 aliphatic rings. The van der Waals surface area contributed by atoms with Crippen molar-refractivity contribution in [2.24, 2.45) is 0 Å². The largest absolute Gasteiger partial charge is 0.164 e. The van der Waals surface area contributed by atoms with E-state index >= 15 is 0 Å². The van der Waals surface area contributed by atoms with Crippen molar-refractivity contribution >= 4 is 24.4 Å². The molecule has 0 amide bonds. The summed E-state index contributed by atoms with van der Waals surface area (Å²) >= 11 is 5.47. The maximum absolute atomic E-state index is 3.67. The number of rotatable bonds is 3. The summed E-state index contributed by atoms with van der Waals surface area (Å²) < 4.78 is 0. The maximum Gasteiger partial charge on any atom is 0.164 e. The first-order valence-corrected chi connectivity index (χ1v) is 7.07. The molecule has 0 heterocycles. The molecule has 17 heavy (non-hydrogen) atoms. The van der Waals surface area contributed by atoms with Gasteiger partial charge in [0, 0.05) is 4.90 Å². The van der Waals surface area contributed by atoms with Crippen LogP contribution in [0.4, 0.5) is 0 Å². The third kappa shape index (κ3) is 3.30. The van der Waals surface area contributed by atoms with E-state index in [0.29, 0.717) is 5.92 Å². The second-order valence-corrected chi connectivity index (χ2v) is 5.98. The van der Waals surface area contributed by atoms with Crippen LogP contribution in [-0.2, 0) is 12.6 Å². The highest BCUT2D eigenvalue weighted by atomic mass is 32.2. The lowest BCUT2D eigenvalue weighted by Crippen LogP contribution is -1.89. The lowest BCUT2D eigenvalue weighted by molar-refractivity contribution is 0.858. The van der Waals surface area contributed by atoms with Gasteiger partial charge in [0.25, 0.3) is 0 Å². The molecule has 88 valence electrons. The molecule has 2 aromatic carbocycles. The Labute approximate surface area is 113 Å². The summed E-state index contributed by atoms with van der Waals surface area (Å²) in [5.74, 6) is 0.567. The second kappa shape index (κ2) is 5.65. The van der Waals surface area contributed by atoms with Crippen molar-refractivity contribution in [1.82, 2.24) is 0 Å². The van der Waals surface area contributed by atoms with Crippen LogP contribution in [0.1, 0.15) is 25.3 Å². The first-order valence-electron chi connectivity index (χ1n) is 5.75. The third-order valence-corrected chi connectivity index (χ3v) is 4.33. The first-order chi connectivity index (χ1) is 8.16. The fourth-order valence-corrected chi connectivity index (χ4v) is 2.83. The zero-order valence-corrected chi connectivity index (χ0v) is 11.9. The number of benzene rings is 2. The van der Waals surface area contributed by atoms with Crippen LogP contribution in [0.2, 0.25) is 0 Å². The Morgan fingerprint density at radius 2 is 1.71 bits per heavy atom. The molecule has 0 bridgehead atoms. The predicted molar refractivity (Wildman–Crippen MR) is 79.5 cm³/mol.